The summed E-state index contributed by atoms with van der Waals surface area (Å²) in [6, 6.07) is 16.4. The van der Waals surface area contributed by atoms with Gasteiger partial charge in [-0.25, -0.2) is 17.8 Å². The van der Waals surface area contributed by atoms with E-state index >= 15 is 0 Å². The van der Waals surface area contributed by atoms with Gasteiger partial charge in [0.25, 0.3) is 0 Å². The first-order valence-corrected chi connectivity index (χ1v) is 12.7. The summed E-state index contributed by atoms with van der Waals surface area (Å²) >= 11 is 0. The molecule has 0 unspecified atom stereocenters. The molecule has 8 nitrogen and oxygen atoms in total. The number of aromatic nitrogens is 3. The number of sulfonamides is 1. The van der Waals surface area contributed by atoms with Crippen LogP contribution in [0.2, 0.25) is 0 Å². The van der Waals surface area contributed by atoms with Crippen LogP contribution in [0.25, 0.3) is 11.0 Å². The quantitative estimate of drug-likeness (QED) is 0.385. The Morgan fingerprint density at radius 3 is 2.51 bits per heavy atom. The van der Waals surface area contributed by atoms with Gasteiger partial charge in [-0.05, 0) is 66.3 Å². The predicted molar refractivity (Wildman–Crippen MR) is 134 cm³/mol. The van der Waals surface area contributed by atoms with E-state index in [9.17, 15) is 18.3 Å². The summed E-state index contributed by atoms with van der Waals surface area (Å²) in [7, 11) is -1.89. The van der Waals surface area contributed by atoms with Gasteiger partial charge in [-0.15, -0.1) is 5.10 Å². The lowest BCUT2D eigenvalue weighted by atomic mass is 9.84. The summed E-state index contributed by atoms with van der Waals surface area (Å²) in [5.74, 6) is -1.35. The molecule has 4 rings (SSSR count). The minimum Gasteiger partial charge on any atom is -0.481 e. The molecular formula is C26H28N4O4S. The van der Waals surface area contributed by atoms with Crippen LogP contribution in [0, 0.1) is 20.8 Å². The number of nitrogens with one attached hydrogen (secondary N) is 1. The number of aliphatic carboxylic acids is 1. The van der Waals surface area contributed by atoms with Gasteiger partial charge in [0.05, 0.1) is 16.8 Å². The molecule has 0 saturated carbocycles. The summed E-state index contributed by atoms with van der Waals surface area (Å²) in [5, 5.41) is 18.0. The van der Waals surface area contributed by atoms with Gasteiger partial charge in [0.2, 0.25) is 10.0 Å². The molecule has 1 heterocycles. The molecule has 0 aliphatic rings. The third-order valence-electron chi connectivity index (χ3n) is 6.44. The Balaban J connectivity index is 1.70. The number of nitrogens with zero attached hydrogens (tertiary/aromatic N) is 3. The lowest BCUT2D eigenvalue weighted by Crippen LogP contribution is -2.24. The zero-order valence-electron chi connectivity index (χ0n) is 20.1. The number of carboxylic acid groups (broad SMARTS) is 1. The lowest BCUT2D eigenvalue weighted by Gasteiger charge is -2.20. The minimum atomic E-state index is -3.70. The van der Waals surface area contributed by atoms with Crippen molar-refractivity contribution in [2.24, 2.45) is 7.05 Å². The van der Waals surface area contributed by atoms with Gasteiger partial charge in [0.1, 0.15) is 5.52 Å². The number of carbonyl (C=O) groups is 1. The van der Waals surface area contributed by atoms with E-state index in [1.54, 1.807) is 35.9 Å². The van der Waals surface area contributed by atoms with Crippen molar-refractivity contribution in [3.63, 3.8) is 0 Å². The van der Waals surface area contributed by atoms with Crippen molar-refractivity contribution in [1.29, 1.82) is 0 Å². The van der Waals surface area contributed by atoms with E-state index in [1.807, 2.05) is 51.2 Å². The maximum atomic E-state index is 12.9. The van der Waals surface area contributed by atoms with Gasteiger partial charge >= 0.3 is 5.97 Å². The van der Waals surface area contributed by atoms with Crippen molar-refractivity contribution in [2.75, 3.05) is 0 Å². The van der Waals surface area contributed by atoms with Gasteiger partial charge in [0, 0.05) is 19.5 Å². The topological polar surface area (TPSA) is 114 Å². The first kappa shape index (κ1) is 24.6. The highest BCUT2D eigenvalue weighted by atomic mass is 32.2. The molecule has 0 fully saturated rings. The largest absolute Gasteiger partial charge is 0.481 e. The van der Waals surface area contributed by atoms with Gasteiger partial charge in [-0.2, -0.15) is 0 Å². The van der Waals surface area contributed by atoms with E-state index < -0.39 is 21.9 Å². The smallest absolute Gasteiger partial charge is 0.304 e. The molecule has 0 spiro atoms. The summed E-state index contributed by atoms with van der Waals surface area (Å²) in [4.78, 5) is 12.1. The molecule has 0 amide bonds. The number of fused-ring (bicyclic) bond motifs is 1. The number of rotatable bonds is 8. The van der Waals surface area contributed by atoms with Crippen molar-refractivity contribution in [3.05, 3.63) is 88.0 Å². The first-order valence-electron chi connectivity index (χ1n) is 11.2. The van der Waals surface area contributed by atoms with Crippen molar-refractivity contribution < 1.29 is 18.3 Å². The molecule has 35 heavy (non-hydrogen) atoms. The minimum absolute atomic E-state index is 0.0955. The Hall–Kier alpha value is -3.56. The van der Waals surface area contributed by atoms with Crippen LogP contribution in [0.1, 0.15) is 45.7 Å². The van der Waals surface area contributed by atoms with Crippen LogP contribution in [0.4, 0.5) is 0 Å². The van der Waals surface area contributed by atoms with Crippen molar-refractivity contribution in [3.8, 4) is 0 Å². The third kappa shape index (κ3) is 4.96. The first-order chi connectivity index (χ1) is 16.6. The van der Waals surface area contributed by atoms with Crippen LogP contribution in [0.15, 0.2) is 59.5 Å². The van der Waals surface area contributed by atoms with Crippen LogP contribution in [-0.2, 0) is 28.4 Å². The zero-order valence-corrected chi connectivity index (χ0v) is 20.9. The van der Waals surface area contributed by atoms with Crippen LogP contribution < -0.4 is 4.72 Å². The zero-order chi connectivity index (χ0) is 25.3. The Morgan fingerprint density at radius 2 is 1.80 bits per heavy atom. The fourth-order valence-corrected chi connectivity index (χ4v) is 5.67. The van der Waals surface area contributed by atoms with Crippen LogP contribution in [0.3, 0.4) is 0 Å². The van der Waals surface area contributed by atoms with E-state index in [2.05, 4.69) is 15.0 Å². The summed E-state index contributed by atoms with van der Waals surface area (Å²) in [6.45, 7) is 5.68. The fourth-order valence-electron chi connectivity index (χ4n) is 4.42. The monoisotopic (exact) mass is 492 g/mol. The van der Waals surface area contributed by atoms with Gasteiger partial charge in [-0.3, -0.25) is 4.79 Å². The number of hydrogen-bond acceptors (Lipinski definition) is 5. The second kappa shape index (κ2) is 9.59. The fraction of sp³-hybridized carbons (Fsp3) is 0.269. The Morgan fingerprint density at radius 1 is 1.06 bits per heavy atom. The molecule has 1 atom stereocenters. The van der Waals surface area contributed by atoms with Crippen molar-refractivity contribution in [2.45, 2.75) is 44.6 Å². The highest BCUT2D eigenvalue weighted by Crippen LogP contribution is 2.34. The maximum absolute atomic E-state index is 12.9. The maximum Gasteiger partial charge on any atom is 0.304 e. The molecule has 0 aliphatic carbocycles. The summed E-state index contributed by atoms with van der Waals surface area (Å²) < 4.78 is 30.2. The second-order valence-electron chi connectivity index (χ2n) is 8.79. The molecule has 0 saturated heterocycles. The molecule has 4 aromatic rings. The predicted octanol–water partition coefficient (Wildman–Crippen LogP) is 3.98. The lowest BCUT2D eigenvalue weighted by molar-refractivity contribution is -0.137. The van der Waals surface area contributed by atoms with Gasteiger partial charge < -0.3 is 5.11 Å². The van der Waals surface area contributed by atoms with Crippen LogP contribution in [0.5, 0.6) is 0 Å². The Bertz CT molecular complexity index is 1530. The molecule has 182 valence electrons. The van der Waals surface area contributed by atoms with Crippen molar-refractivity contribution >= 4 is 27.0 Å². The summed E-state index contributed by atoms with van der Waals surface area (Å²) in [6.07, 6.45) is -0.107. The number of hydrogen-bond donors (Lipinski definition) is 2. The highest BCUT2D eigenvalue weighted by molar-refractivity contribution is 7.89. The number of aryl methyl sites for hydroxylation is 4. The Labute approximate surface area is 204 Å². The van der Waals surface area contributed by atoms with E-state index in [0.29, 0.717) is 5.56 Å². The molecule has 0 aliphatic heterocycles. The second-order valence-corrected chi connectivity index (χ2v) is 10.5. The number of benzene rings is 3. The van der Waals surface area contributed by atoms with E-state index in [1.165, 1.54) is 0 Å². The SMILES string of the molecule is Cc1ccc([C@@H](CC(=O)O)c2ccc3c(nnn3C)c2C)cc1CNS(=O)(=O)c1ccccc1C. The Kier molecular flexibility index (Phi) is 6.73. The van der Waals surface area contributed by atoms with Gasteiger partial charge in [0.15, 0.2) is 0 Å². The van der Waals surface area contributed by atoms with E-state index in [0.717, 1.165) is 38.9 Å². The molecule has 3 aromatic carbocycles. The third-order valence-corrected chi connectivity index (χ3v) is 8.01. The van der Waals surface area contributed by atoms with Crippen molar-refractivity contribution in [1.82, 2.24) is 19.7 Å². The average molecular weight is 493 g/mol. The molecule has 9 heteroatoms. The number of carboxylic acids is 1. The normalized spacial score (nSPS) is 12.7. The summed E-state index contributed by atoms with van der Waals surface area (Å²) in [5.41, 5.74) is 6.51. The van der Waals surface area contributed by atoms with E-state index in [-0.39, 0.29) is 17.9 Å². The standard InChI is InChI=1S/C26H28N4O4S/c1-16-9-10-19(13-20(16)15-27-35(33,34)24-8-6-5-7-17(24)2)22(14-25(31)32)21-11-12-23-26(18(21)3)28-29-30(23)4/h5-13,22,27H,14-15H2,1-4H3,(H,31,32)/t22-/m1/s1. The molecule has 0 radical (unpaired) electrons. The molecular weight excluding hydrogens is 464 g/mol. The molecule has 2 N–H and O–H groups in total. The van der Waals surface area contributed by atoms with E-state index in [4.69, 9.17) is 0 Å². The van der Waals surface area contributed by atoms with Crippen LogP contribution >= 0.6 is 0 Å². The molecule has 0 bridgehead atoms. The van der Waals surface area contributed by atoms with Crippen LogP contribution in [-0.4, -0.2) is 34.5 Å². The highest BCUT2D eigenvalue weighted by Gasteiger charge is 2.23. The average Bonchev–Trinajstić information content (AvgIpc) is 3.19. The molecule has 1 aromatic heterocycles. The van der Waals surface area contributed by atoms with Gasteiger partial charge in [-0.1, -0.05) is 47.7 Å².